The molecular formula is C14H10BrN3O2. The molecule has 0 atom stereocenters. The number of nitrogens with one attached hydrogen (secondary N) is 1. The highest BCUT2D eigenvalue weighted by atomic mass is 79.9. The minimum Gasteiger partial charge on any atom is -0.478 e. The van der Waals surface area contributed by atoms with Crippen LogP contribution in [-0.4, -0.2) is 11.1 Å². The number of carboxylic acids is 1. The standard InChI is InChI=1S/C14H10BrN3O2/c15-11-5-8(7-16)1-4-13(11)18-9-2-3-10(14(19)20)12(17)6-9/h1-6,18H,17H2,(H,19,20). The maximum Gasteiger partial charge on any atom is 0.337 e. The van der Waals surface area contributed by atoms with Gasteiger partial charge in [-0.1, -0.05) is 0 Å². The van der Waals surface area contributed by atoms with Crippen LogP contribution >= 0.6 is 15.9 Å². The molecule has 4 N–H and O–H groups in total. The minimum atomic E-state index is -1.06. The molecule has 0 fully saturated rings. The van der Waals surface area contributed by atoms with Crippen LogP contribution in [0.5, 0.6) is 0 Å². The third kappa shape index (κ3) is 2.90. The summed E-state index contributed by atoms with van der Waals surface area (Å²) in [7, 11) is 0. The summed E-state index contributed by atoms with van der Waals surface area (Å²) in [5, 5.41) is 20.8. The summed E-state index contributed by atoms with van der Waals surface area (Å²) in [5.74, 6) is -1.06. The van der Waals surface area contributed by atoms with Gasteiger partial charge in [-0.15, -0.1) is 0 Å². The number of nitrogens with two attached hydrogens (primary N) is 1. The van der Waals surface area contributed by atoms with Crippen molar-refractivity contribution in [1.29, 1.82) is 5.26 Å². The molecule has 5 nitrogen and oxygen atoms in total. The molecule has 0 spiro atoms. The van der Waals surface area contributed by atoms with E-state index in [0.29, 0.717) is 11.3 Å². The monoisotopic (exact) mass is 331 g/mol. The summed E-state index contributed by atoms with van der Waals surface area (Å²) < 4.78 is 0.734. The van der Waals surface area contributed by atoms with Crippen LogP contribution in [0.4, 0.5) is 17.1 Å². The van der Waals surface area contributed by atoms with Gasteiger partial charge in [0.15, 0.2) is 0 Å². The van der Waals surface area contributed by atoms with E-state index in [4.69, 9.17) is 16.1 Å². The average Bonchev–Trinajstić information content (AvgIpc) is 2.40. The van der Waals surface area contributed by atoms with E-state index in [1.165, 1.54) is 6.07 Å². The molecule has 0 aliphatic rings. The molecular weight excluding hydrogens is 322 g/mol. The van der Waals surface area contributed by atoms with Gasteiger partial charge in [0.25, 0.3) is 0 Å². The Labute approximate surface area is 123 Å². The van der Waals surface area contributed by atoms with E-state index in [2.05, 4.69) is 21.2 Å². The van der Waals surface area contributed by atoms with Gasteiger partial charge in [-0.05, 0) is 52.3 Å². The van der Waals surface area contributed by atoms with Crippen molar-refractivity contribution in [3.05, 3.63) is 52.0 Å². The second-order valence-electron chi connectivity index (χ2n) is 4.04. The largest absolute Gasteiger partial charge is 0.478 e. The lowest BCUT2D eigenvalue weighted by Crippen LogP contribution is -2.03. The van der Waals surface area contributed by atoms with Crippen LogP contribution in [-0.2, 0) is 0 Å². The second kappa shape index (κ2) is 5.63. The number of nitrogens with zero attached hydrogens (tertiary/aromatic N) is 1. The van der Waals surface area contributed by atoms with Crippen molar-refractivity contribution >= 4 is 39.0 Å². The molecule has 2 aromatic rings. The molecule has 20 heavy (non-hydrogen) atoms. The van der Waals surface area contributed by atoms with Crippen LogP contribution in [0, 0.1) is 11.3 Å². The summed E-state index contributed by atoms with van der Waals surface area (Å²) in [6, 6.07) is 11.8. The topological polar surface area (TPSA) is 99.1 Å². The molecule has 0 saturated carbocycles. The molecule has 0 bridgehead atoms. The van der Waals surface area contributed by atoms with E-state index in [9.17, 15) is 4.79 Å². The Morgan fingerprint density at radius 1 is 1.30 bits per heavy atom. The van der Waals surface area contributed by atoms with E-state index in [1.54, 1.807) is 30.3 Å². The van der Waals surface area contributed by atoms with Crippen LogP contribution in [0.1, 0.15) is 15.9 Å². The van der Waals surface area contributed by atoms with Gasteiger partial charge >= 0.3 is 5.97 Å². The third-order valence-corrected chi connectivity index (χ3v) is 3.32. The van der Waals surface area contributed by atoms with Gasteiger partial charge in [0, 0.05) is 15.8 Å². The minimum absolute atomic E-state index is 0.0643. The molecule has 0 aliphatic carbocycles. The van der Waals surface area contributed by atoms with Crippen molar-refractivity contribution in [3.63, 3.8) is 0 Å². The highest BCUT2D eigenvalue weighted by molar-refractivity contribution is 9.10. The maximum atomic E-state index is 10.9. The normalized spacial score (nSPS) is 9.80. The van der Waals surface area contributed by atoms with Gasteiger partial charge in [0.2, 0.25) is 0 Å². The zero-order valence-corrected chi connectivity index (χ0v) is 11.8. The Hall–Kier alpha value is -2.52. The highest BCUT2D eigenvalue weighted by Gasteiger charge is 2.09. The predicted molar refractivity (Wildman–Crippen MR) is 80.0 cm³/mol. The maximum absolute atomic E-state index is 10.9. The first-order valence-corrected chi connectivity index (χ1v) is 6.40. The Bertz CT molecular complexity index is 723. The van der Waals surface area contributed by atoms with Crippen molar-refractivity contribution in [2.24, 2.45) is 0 Å². The summed E-state index contributed by atoms with van der Waals surface area (Å²) >= 11 is 3.36. The highest BCUT2D eigenvalue weighted by Crippen LogP contribution is 2.28. The van der Waals surface area contributed by atoms with Gasteiger partial charge in [-0.3, -0.25) is 0 Å². The number of carboxylic acid groups (broad SMARTS) is 1. The fourth-order valence-corrected chi connectivity index (χ4v) is 2.15. The third-order valence-electron chi connectivity index (χ3n) is 2.66. The number of hydrogen-bond donors (Lipinski definition) is 3. The Morgan fingerprint density at radius 2 is 2.05 bits per heavy atom. The lowest BCUT2D eigenvalue weighted by Gasteiger charge is -2.10. The lowest BCUT2D eigenvalue weighted by molar-refractivity contribution is 0.0698. The van der Waals surface area contributed by atoms with E-state index in [1.807, 2.05) is 6.07 Å². The Balaban J connectivity index is 2.29. The number of benzene rings is 2. The van der Waals surface area contributed by atoms with Gasteiger partial charge in [0.1, 0.15) is 0 Å². The molecule has 0 unspecified atom stereocenters. The molecule has 0 amide bonds. The van der Waals surface area contributed by atoms with Crippen LogP contribution in [0.2, 0.25) is 0 Å². The predicted octanol–water partition coefficient (Wildman–Crippen LogP) is 3.34. The molecule has 0 saturated heterocycles. The Kier molecular flexibility index (Phi) is 3.91. The first-order valence-electron chi connectivity index (χ1n) is 5.61. The number of hydrogen-bond acceptors (Lipinski definition) is 4. The van der Waals surface area contributed by atoms with E-state index >= 15 is 0 Å². The first kappa shape index (κ1) is 13.9. The first-order chi connectivity index (χ1) is 9.51. The molecule has 100 valence electrons. The van der Waals surface area contributed by atoms with Crippen molar-refractivity contribution in [2.45, 2.75) is 0 Å². The van der Waals surface area contributed by atoms with Gasteiger partial charge < -0.3 is 16.2 Å². The molecule has 2 rings (SSSR count). The van der Waals surface area contributed by atoms with Gasteiger partial charge in [-0.2, -0.15) is 5.26 Å². The van der Waals surface area contributed by atoms with Crippen LogP contribution in [0.25, 0.3) is 0 Å². The van der Waals surface area contributed by atoms with Crippen LogP contribution in [0.15, 0.2) is 40.9 Å². The summed E-state index contributed by atoms with van der Waals surface area (Å²) in [4.78, 5) is 10.9. The van der Waals surface area contributed by atoms with E-state index < -0.39 is 5.97 Å². The van der Waals surface area contributed by atoms with Crippen molar-refractivity contribution in [3.8, 4) is 6.07 Å². The molecule has 0 heterocycles. The SMILES string of the molecule is N#Cc1ccc(Nc2ccc(C(=O)O)c(N)c2)c(Br)c1. The van der Waals surface area contributed by atoms with Crippen molar-refractivity contribution in [2.75, 3.05) is 11.1 Å². The molecule has 0 aromatic heterocycles. The number of aromatic carboxylic acids is 1. The number of rotatable bonds is 3. The van der Waals surface area contributed by atoms with Crippen molar-refractivity contribution < 1.29 is 9.90 Å². The van der Waals surface area contributed by atoms with Gasteiger partial charge in [0.05, 0.1) is 22.9 Å². The second-order valence-corrected chi connectivity index (χ2v) is 4.89. The van der Waals surface area contributed by atoms with Crippen LogP contribution < -0.4 is 11.1 Å². The fourth-order valence-electron chi connectivity index (χ4n) is 1.68. The number of anilines is 3. The summed E-state index contributed by atoms with van der Waals surface area (Å²) in [6.45, 7) is 0. The molecule has 2 aromatic carbocycles. The van der Waals surface area contributed by atoms with Crippen LogP contribution in [0.3, 0.4) is 0 Å². The van der Waals surface area contributed by atoms with Crippen molar-refractivity contribution in [1.82, 2.24) is 0 Å². The zero-order valence-electron chi connectivity index (χ0n) is 10.2. The zero-order chi connectivity index (χ0) is 14.7. The Morgan fingerprint density at radius 3 is 2.60 bits per heavy atom. The van der Waals surface area contributed by atoms with E-state index in [0.717, 1.165) is 10.2 Å². The van der Waals surface area contributed by atoms with Gasteiger partial charge in [-0.25, -0.2) is 4.79 Å². The number of halogens is 1. The fraction of sp³-hybridized carbons (Fsp3) is 0. The molecule has 0 aliphatic heterocycles. The summed E-state index contributed by atoms with van der Waals surface area (Å²) in [6.07, 6.45) is 0. The van der Waals surface area contributed by atoms with E-state index in [-0.39, 0.29) is 11.3 Å². The smallest absolute Gasteiger partial charge is 0.337 e. The quantitative estimate of drug-likeness (QED) is 0.749. The lowest BCUT2D eigenvalue weighted by atomic mass is 10.1. The molecule has 6 heteroatoms. The summed E-state index contributed by atoms with van der Waals surface area (Å²) in [5.41, 5.74) is 7.90. The number of nitrogen functional groups attached to an aromatic ring is 1. The molecule has 0 radical (unpaired) electrons. The number of carbonyl (C=O) groups is 1. The number of nitriles is 1. The average molecular weight is 332 g/mol.